The predicted octanol–water partition coefficient (Wildman–Crippen LogP) is 2.38. The number of carbonyl (C=O) groups excluding carboxylic acids is 1. The maximum Gasteiger partial charge on any atom is 0.309 e. The average molecular weight is 206 g/mol. The van der Waals surface area contributed by atoms with Crippen LogP contribution in [0.4, 0.5) is 0 Å². The topological polar surface area (TPSA) is 26.3 Å². The molecular formula is C13H18O2. The summed E-state index contributed by atoms with van der Waals surface area (Å²) < 4.78 is 5.29. The molecule has 3 unspecified atom stereocenters. The van der Waals surface area contributed by atoms with Crippen molar-refractivity contribution in [3.8, 4) is 0 Å². The lowest BCUT2D eigenvalue weighted by Gasteiger charge is -2.61. The van der Waals surface area contributed by atoms with Crippen LogP contribution in [0.3, 0.4) is 0 Å². The molecule has 0 aromatic carbocycles. The van der Waals surface area contributed by atoms with Crippen LogP contribution in [0.15, 0.2) is 0 Å². The molecule has 4 aliphatic carbocycles. The van der Waals surface area contributed by atoms with E-state index in [0.29, 0.717) is 23.9 Å². The van der Waals surface area contributed by atoms with Gasteiger partial charge in [0.2, 0.25) is 0 Å². The SMILES string of the molecule is O=C1OCCC23C[C@@H]4CC(C[C@@H](C4)C2)C13. The number of ether oxygens (including phenoxy) is 1. The van der Waals surface area contributed by atoms with Crippen molar-refractivity contribution in [2.45, 2.75) is 38.5 Å². The second kappa shape index (κ2) is 2.58. The van der Waals surface area contributed by atoms with E-state index in [1.165, 1.54) is 32.1 Å². The van der Waals surface area contributed by atoms with Gasteiger partial charge in [0.05, 0.1) is 12.5 Å². The van der Waals surface area contributed by atoms with E-state index in [1.807, 2.05) is 0 Å². The summed E-state index contributed by atoms with van der Waals surface area (Å²) in [5, 5.41) is 0. The second-order valence-corrected chi connectivity index (χ2v) is 6.37. The third kappa shape index (κ3) is 0.982. The summed E-state index contributed by atoms with van der Waals surface area (Å²) >= 11 is 0. The van der Waals surface area contributed by atoms with Crippen molar-refractivity contribution in [1.82, 2.24) is 0 Å². The number of rotatable bonds is 0. The van der Waals surface area contributed by atoms with E-state index in [4.69, 9.17) is 4.74 Å². The Kier molecular flexibility index (Phi) is 1.48. The van der Waals surface area contributed by atoms with Gasteiger partial charge in [-0.2, -0.15) is 0 Å². The fourth-order valence-corrected chi connectivity index (χ4v) is 5.46. The molecule has 1 saturated heterocycles. The van der Waals surface area contributed by atoms with Crippen molar-refractivity contribution < 1.29 is 9.53 Å². The lowest BCUT2D eigenvalue weighted by Crippen LogP contribution is -2.58. The van der Waals surface area contributed by atoms with Gasteiger partial charge in [0.15, 0.2) is 0 Å². The summed E-state index contributed by atoms with van der Waals surface area (Å²) in [6.07, 6.45) is 7.92. The van der Waals surface area contributed by atoms with Crippen molar-refractivity contribution in [2.24, 2.45) is 29.1 Å². The van der Waals surface area contributed by atoms with Crippen LogP contribution in [0.5, 0.6) is 0 Å². The lowest BCUT2D eigenvalue weighted by molar-refractivity contribution is -0.194. The summed E-state index contributed by atoms with van der Waals surface area (Å²) in [5.41, 5.74) is 0.393. The summed E-state index contributed by atoms with van der Waals surface area (Å²) in [7, 11) is 0. The quantitative estimate of drug-likeness (QED) is 0.569. The molecule has 4 saturated carbocycles. The molecule has 0 aromatic rings. The largest absolute Gasteiger partial charge is 0.465 e. The number of hydrogen-bond acceptors (Lipinski definition) is 2. The molecular weight excluding hydrogens is 188 g/mol. The van der Waals surface area contributed by atoms with E-state index in [0.717, 1.165) is 18.3 Å². The Morgan fingerprint density at radius 1 is 1.13 bits per heavy atom. The fraction of sp³-hybridized carbons (Fsp3) is 0.923. The molecule has 1 aliphatic heterocycles. The molecule has 0 radical (unpaired) electrons. The fourth-order valence-electron chi connectivity index (χ4n) is 5.46. The molecule has 1 spiro atoms. The molecule has 4 bridgehead atoms. The van der Waals surface area contributed by atoms with E-state index >= 15 is 0 Å². The Balaban J connectivity index is 1.79. The first kappa shape index (κ1) is 8.60. The van der Waals surface area contributed by atoms with Crippen LogP contribution in [-0.4, -0.2) is 12.6 Å². The van der Waals surface area contributed by atoms with Crippen molar-refractivity contribution in [1.29, 1.82) is 0 Å². The van der Waals surface area contributed by atoms with Crippen LogP contribution in [0.1, 0.15) is 38.5 Å². The summed E-state index contributed by atoms with van der Waals surface area (Å²) in [6.45, 7) is 0.696. The van der Waals surface area contributed by atoms with Gasteiger partial charge in [0, 0.05) is 0 Å². The van der Waals surface area contributed by atoms with Gasteiger partial charge in [-0.1, -0.05) is 0 Å². The molecule has 5 fully saturated rings. The third-order valence-corrected chi connectivity index (χ3v) is 5.56. The van der Waals surface area contributed by atoms with E-state index < -0.39 is 0 Å². The molecule has 5 atom stereocenters. The van der Waals surface area contributed by atoms with Gasteiger partial charge < -0.3 is 4.74 Å². The molecule has 0 aromatic heterocycles. The van der Waals surface area contributed by atoms with Gasteiger partial charge in [-0.15, -0.1) is 0 Å². The molecule has 5 rings (SSSR count). The van der Waals surface area contributed by atoms with Gasteiger partial charge >= 0.3 is 5.97 Å². The molecule has 2 nitrogen and oxygen atoms in total. The highest BCUT2D eigenvalue weighted by Gasteiger charge is 2.60. The Hall–Kier alpha value is -0.530. The maximum absolute atomic E-state index is 11.9. The maximum atomic E-state index is 11.9. The third-order valence-electron chi connectivity index (χ3n) is 5.56. The van der Waals surface area contributed by atoms with Gasteiger partial charge in [0.25, 0.3) is 0 Å². The Morgan fingerprint density at radius 3 is 2.60 bits per heavy atom. The minimum atomic E-state index is 0.144. The van der Waals surface area contributed by atoms with E-state index in [9.17, 15) is 4.79 Å². The van der Waals surface area contributed by atoms with E-state index in [1.54, 1.807) is 0 Å². The second-order valence-electron chi connectivity index (χ2n) is 6.37. The molecule has 0 N–H and O–H groups in total. The first-order chi connectivity index (χ1) is 7.27. The number of carbonyl (C=O) groups is 1. The van der Waals surface area contributed by atoms with Crippen molar-refractivity contribution in [3.05, 3.63) is 0 Å². The van der Waals surface area contributed by atoms with Crippen LogP contribution < -0.4 is 0 Å². The molecule has 2 heteroatoms. The Bertz CT molecular complexity index is 308. The number of hydrogen-bond donors (Lipinski definition) is 0. The molecule has 1 heterocycles. The summed E-state index contributed by atoms with van der Waals surface area (Å²) in [4.78, 5) is 11.9. The van der Waals surface area contributed by atoms with Crippen molar-refractivity contribution >= 4 is 5.97 Å². The van der Waals surface area contributed by atoms with E-state index in [2.05, 4.69) is 0 Å². The minimum absolute atomic E-state index is 0.144. The van der Waals surface area contributed by atoms with Crippen LogP contribution in [0.2, 0.25) is 0 Å². The summed E-state index contributed by atoms with van der Waals surface area (Å²) in [6, 6.07) is 0. The van der Waals surface area contributed by atoms with Crippen LogP contribution in [0.25, 0.3) is 0 Å². The van der Waals surface area contributed by atoms with Crippen LogP contribution in [-0.2, 0) is 9.53 Å². The van der Waals surface area contributed by atoms with Gasteiger partial charge in [-0.25, -0.2) is 0 Å². The predicted molar refractivity (Wildman–Crippen MR) is 55.1 cm³/mol. The first-order valence-electron chi connectivity index (χ1n) is 6.43. The van der Waals surface area contributed by atoms with Gasteiger partial charge in [-0.3, -0.25) is 4.79 Å². The monoisotopic (exact) mass is 206 g/mol. The lowest BCUT2D eigenvalue weighted by atomic mass is 9.44. The number of esters is 1. The zero-order valence-corrected chi connectivity index (χ0v) is 9.08. The van der Waals surface area contributed by atoms with Gasteiger partial charge in [0.1, 0.15) is 0 Å². The zero-order chi connectivity index (χ0) is 10.0. The first-order valence-corrected chi connectivity index (χ1v) is 6.43. The molecule has 82 valence electrons. The van der Waals surface area contributed by atoms with E-state index in [-0.39, 0.29) is 5.97 Å². The highest BCUT2D eigenvalue weighted by atomic mass is 16.5. The highest BCUT2D eigenvalue weighted by molar-refractivity contribution is 5.75. The number of cyclic esters (lactones) is 1. The summed E-state index contributed by atoms with van der Waals surface area (Å²) in [5.74, 6) is 3.02. The smallest absolute Gasteiger partial charge is 0.309 e. The molecule has 5 aliphatic rings. The zero-order valence-electron chi connectivity index (χ0n) is 9.08. The van der Waals surface area contributed by atoms with Crippen molar-refractivity contribution in [3.63, 3.8) is 0 Å². The Labute approximate surface area is 90.4 Å². The normalized spacial score (nSPS) is 56.4. The minimum Gasteiger partial charge on any atom is -0.465 e. The average Bonchev–Trinajstić information content (AvgIpc) is 2.14. The Morgan fingerprint density at radius 2 is 1.87 bits per heavy atom. The highest BCUT2D eigenvalue weighted by Crippen LogP contribution is 2.65. The standard InChI is InChI=1S/C13H18O2/c14-12-11-10-4-8-3-9(5-10)7-13(11,6-8)1-2-15-12/h8-11H,1-7H2/t8-,9+,10?,11?,13?. The molecule has 0 amide bonds. The van der Waals surface area contributed by atoms with Gasteiger partial charge in [-0.05, 0) is 61.7 Å². The van der Waals surface area contributed by atoms with Crippen LogP contribution >= 0.6 is 0 Å². The van der Waals surface area contributed by atoms with Crippen LogP contribution in [0, 0.1) is 29.1 Å². The molecule has 15 heavy (non-hydrogen) atoms. The van der Waals surface area contributed by atoms with Crippen molar-refractivity contribution in [2.75, 3.05) is 6.61 Å².